The van der Waals surface area contributed by atoms with Gasteiger partial charge in [-0.2, -0.15) is 0 Å². The van der Waals surface area contributed by atoms with Gasteiger partial charge in [-0.05, 0) is 24.8 Å². The van der Waals surface area contributed by atoms with Gasteiger partial charge in [0.2, 0.25) is 0 Å². The number of aliphatic imine (C=N–C) groups is 1. The lowest BCUT2D eigenvalue weighted by molar-refractivity contribution is -0.384. The third-order valence-electron chi connectivity index (χ3n) is 3.59. The maximum absolute atomic E-state index is 10.9. The van der Waals surface area contributed by atoms with Crippen LogP contribution >= 0.6 is 0 Å². The van der Waals surface area contributed by atoms with Crippen molar-refractivity contribution in [2.24, 2.45) is 16.6 Å². The maximum atomic E-state index is 10.9. The normalized spacial score (nSPS) is 15.3. The number of nitrogens with zero attached hydrogens (tertiary/aromatic N) is 2. The lowest BCUT2D eigenvalue weighted by atomic mass is 9.86. The molecule has 1 aliphatic rings. The van der Waals surface area contributed by atoms with Crippen LogP contribution in [-0.4, -0.2) is 30.5 Å². The fourth-order valence-electron chi connectivity index (χ4n) is 2.13. The third kappa shape index (κ3) is 4.62. The average Bonchev–Trinajstić information content (AvgIpc) is 2.42. The van der Waals surface area contributed by atoms with Crippen molar-refractivity contribution in [3.63, 3.8) is 0 Å². The van der Waals surface area contributed by atoms with Gasteiger partial charge in [0.15, 0.2) is 5.96 Å². The van der Waals surface area contributed by atoms with E-state index in [0.717, 1.165) is 6.54 Å². The molecule has 0 saturated heterocycles. The lowest BCUT2D eigenvalue weighted by Crippen LogP contribution is -2.35. The molecule has 1 saturated carbocycles. The first kappa shape index (κ1) is 15.1. The van der Waals surface area contributed by atoms with Crippen molar-refractivity contribution in [2.75, 3.05) is 25.0 Å². The van der Waals surface area contributed by atoms with Crippen LogP contribution in [0.4, 0.5) is 11.4 Å². The van der Waals surface area contributed by atoms with Gasteiger partial charge in [0.1, 0.15) is 5.69 Å². The molecule has 1 aromatic rings. The van der Waals surface area contributed by atoms with Gasteiger partial charge in [-0.3, -0.25) is 15.1 Å². The SMILES string of the molecule is NC(=NCC1CCC1)NCCNc1ccccc1[N+](=O)[O-]. The first-order chi connectivity index (χ1) is 10.2. The summed E-state index contributed by atoms with van der Waals surface area (Å²) in [7, 11) is 0. The van der Waals surface area contributed by atoms with Crippen LogP contribution in [-0.2, 0) is 0 Å². The Balaban J connectivity index is 1.70. The van der Waals surface area contributed by atoms with Crippen LogP contribution in [0, 0.1) is 16.0 Å². The number of para-hydroxylation sites is 2. The van der Waals surface area contributed by atoms with Crippen molar-refractivity contribution < 1.29 is 4.92 Å². The molecule has 0 radical (unpaired) electrons. The van der Waals surface area contributed by atoms with Crippen molar-refractivity contribution in [1.82, 2.24) is 5.32 Å². The number of rotatable bonds is 7. The Bertz CT molecular complexity index is 514. The summed E-state index contributed by atoms with van der Waals surface area (Å²) in [5, 5.41) is 16.9. The van der Waals surface area contributed by atoms with E-state index >= 15 is 0 Å². The molecule has 4 N–H and O–H groups in total. The van der Waals surface area contributed by atoms with E-state index in [-0.39, 0.29) is 5.69 Å². The van der Waals surface area contributed by atoms with Crippen molar-refractivity contribution in [2.45, 2.75) is 19.3 Å². The molecule has 1 aliphatic carbocycles. The van der Waals surface area contributed by atoms with E-state index in [1.807, 2.05) is 0 Å². The van der Waals surface area contributed by atoms with Crippen LogP contribution in [0.3, 0.4) is 0 Å². The number of benzene rings is 1. The second-order valence-corrected chi connectivity index (χ2v) is 5.15. The van der Waals surface area contributed by atoms with Gasteiger partial charge >= 0.3 is 0 Å². The summed E-state index contributed by atoms with van der Waals surface area (Å²) >= 11 is 0. The number of anilines is 1. The Morgan fingerprint density at radius 2 is 2.14 bits per heavy atom. The largest absolute Gasteiger partial charge is 0.378 e. The molecule has 0 unspecified atom stereocenters. The summed E-state index contributed by atoms with van der Waals surface area (Å²) in [6.07, 6.45) is 3.79. The van der Waals surface area contributed by atoms with E-state index in [0.29, 0.717) is 30.7 Å². The second-order valence-electron chi connectivity index (χ2n) is 5.15. The van der Waals surface area contributed by atoms with Gasteiger partial charge in [-0.25, -0.2) is 0 Å². The van der Waals surface area contributed by atoms with Crippen LogP contribution in [0.2, 0.25) is 0 Å². The minimum atomic E-state index is -0.399. The molecule has 21 heavy (non-hydrogen) atoms. The molecule has 1 fully saturated rings. The summed E-state index contributed by atoms with van der Waals surface area (Å²) in [6.45, 7) is 1.88. The smallest absolute Gasteiger partial charge is 0.292 e. The van der Waals surface area contributed by atoms with Gasteiger partial charge < -0.3 is 16.4 Å². The summed E-state index contributed by atoms with van der Waals surface area (Å²) < 4.78 is 0. The second kappa shape index (κ2) is 7.47. The van der Waals surface area contributed by atoms with E-state index in [9.17, 15) is 10.1 Å². The minimum absolute atomic E-state index is 0.0733. The highest BCUT2D eigenvalue weighted by Crippen LogP contribution is 2.26. The van der Waals surface area contributed by atoms with E-state index < -0.39 is 4.92 Å². The highest BCUT2D eigenvalue weighted by Gasteiger charge is 2.16. The molecular weight excluding hydrogens is 270 g/mol. The van der Waals surface area contributed by atoms with Gasteiger partial charge in [0.05, 0.1) is 4.92 Å². The number of hydrogen-bond donors (Lipinski definition) is 3. The Hall–Kier alpha value is -2.31. The molecule has 7 heteroatoms. The van der Waals surface area contributed by atoms with Gasteiger partial charge in [-0.1, -0.05) is 18.6 Å². The quantitative estimate of drug-likeness (QED) is 0.233. The fraction of sp³-hybridized carbons (Fsp3) is 0.500. The highest BCUT2D eigenvalue weighted by atomic mass is 16.6. The fourth-order valence-corrected chi connectivity index (χ4v) is 2.13. The van der Waals surface area contributed by atoms with E-state index in [1.165, 1.54) is 25.3 Å². The van der Waals surface area contributed by atoms with Crippen molar-refractivity contribution in [3.8, 4) is 0 Å². The zero-order valence-corrected chi connectivity index (χ0v) is 11.9. The number of nitro groups is 1. The minimum Gasteiger partial charge on any atom is -0.378 e. The predicted molar refractivity (Wildman–Crippen MR) is 83.4 cm³/mol. The molecule has 0 amide bonds. The number of guanidine groups is 1. The van der Waals surface area contributed by atoms with Crippen LogP contribution in [0.25, 0.3) is 0 Å². The van der Waals surface area contributed by atoms with Gasteiger partial charge in [-0.15, -0.1) is 0 Å². The zero-order valence-electron chi connectivity index (χ0n) is 11.9. The molecule has 0 heterocycles. The average molecular weight is 291 g/mol. The monoisotopic (exact) mass is 291 g/mol. The number of nitrogens with two attached hydrogens (primary N) is 1. The Morgan fingerprint density at radius 3 is 2.81 bits per heavy atom. The van der Waals surface area contributed by atoms with Crippen LogP contribution < -0.4 is 16.4 Å². The molecule has 2 rings (SSSR count). The first-order valence-corrected chi connectivity index (χ1v) is 7.18. The Kier molecular flexibility index (Phi) is 5.36. The molecule has 7 nitrogen and oxygen atoms in total. The van der Waals surface area contributed by atoms with Crippen molar-refractivity contribution in [1.29, 1.82) is 0 Å². The Labute approximate surface area is 123 Å². The lowest BCUT2D eigenvalue weighted by Gasteiger charge is -2.23. The molecule has 114 valence electrons. The number of nitro benzene ring substituents is 1. The van der Waals surface area contributed by atoms with Crippen LogP contribution in [0.5, 0.6) is 0 Å². The molecule has 0 atom stereocenters. The summed E-state index contributed by atoms with van der Waals surface area (Å²) in [5.41, 5.74) is 6.34. The maximum Gasteiger partial charge on any atom is 0.292 e. The first-order valence-electron chi connectivity index (χ1n) is 7.18. The molecule has 0 aliphatic heterocycles. The summed E-state index contributed by atoms with van der Waals surface area (Å²) in [5.74, 6) is 1.13. The van der Waals surface area contributed by atoms with Crippen LogP contribution in [0.15, 0.2) is 29.3 Å². The highest BCUT2D eigenvalue weighted by molar-refractivity contribution is 5.77. The molecule has 1 aromatic carbocycles. The zero-order chi connectivity index (χ0) is 15.1. The molecular formula is C14H21N5O2. The number of hydrogen-bond acceptors (Lipinski definition) is 4. The van der Waals surface area contributed by atoms with E-state index in [4.69, 9.17) is 5.73 Å². The van der Waals surface area contributed by atoms with Gasteiger partial charge in [0.25, 0.3) is 5.69 Å². The summed E-state index contributed by atoms with van der Waals surface area (Å²) in [6, 6.07) is 6.57. The van der Waals surface area contributed by atoms with E-state index in [1.54, 1.807) is 18.2 Å². The van der Waals surface area contributed by atoms with E-state index in [2.05, 4.69) is 15.6 Å². The van der Waals surface area contributed by atoms with Crippen molar-refractivity contribution >= 4 is 17.3 Å². The standard InChI is InChI=1S/C14H21N5O2/c15-14(18-10-11-4-3-5-11)17-9-8-16-12-6-1-2-7-13(12)19(20)21/h1-2,6-7,11,16H,3-5,8-10H2,(H3,15,17,18). The molecule has 0 aromatic heterocycles. The molecule has 0 spiro atoms. The van der Waals surface area contributed by atoms with Crippen LogP contribution in [0.1, 0.15) is 19.3 Å². The van der Waals surface area contributed by atoms with Gasteiger partial charge in [0, 0.05) is 25.7 Å². The summed E-state index contributed by atoms with van der Waals surface area (Å²) in [4.78, 5) is 14.7. The number of nitrogens with one attached hydrogen (secondary N) is 2. The van der Waals surface area contributed by atoms with Crippen molar-refractivity contribution in [3.05, 3.63) is 34.4 Å². The third-order valence-corrected chi connectivity index (χ3v) is 3.59. The molecule has 0 bridgehead atoms. The topological polar surface area (TPSA) is 106 Å². The predicted octanol–water partition coefficient (Wildman–Crippen LogP) is 1.71. The Morgan fingerprint density at radius 1 is 1.38 bits per heavy atom.